The fraction of sp³-hybridized carbons (Fsp3) is 0.333. The molecule has 3 aromatic rings. The Kier molecular flexibility index (Phi) is 6.74. The van der Waals surface area contributed by atoms with E-state index in [9.17, 15) is 9.59 Å². The van der Waals surface area contributed by atoms with Gasteiger partial charge in [-0.3, -0.25) is 19.2 Å². The van der Waals surface area contributed by atoms with Crippen LogP contribution in [0.4, 0.5) is 5.69 Å². The summed E-state index contributed by atoms with van der Waals surface area (Å²) in [5.41, 5.74) is 2.51. The number of hydrogen-bond acceptors (Lipinski definition) is 3. The van der Waals surface area contributed by atoms with E-state index in [1.807, 2.05) is 62.5 Å². The summed E-state index contributed by atoms with van der Waals surface area (Å²) in [5.74, 6) is -0.247. The van der Waals surface area contributed by atoms with E-state index < -0.39 is 0 Å². The molecule has 0 spiro atoms. The molecule has 1 amide bonds. The van der Waals surface area contributed by atoms with Crippen LogP contribution in [0.3, 0.4) is 0 Å². The molecule has 2 heterocycles. The van der Waals surface area contributed by atoms with Crippen LogP contribution in [-0.4, -0.2) is 33.3 Å². The summed E-state index contributed by atoms with van der Waals surface area (Å²) in [4.78, 5) is 28.3. The average Bonchev–Trinajstić information content (AvgIpc) is 3.00. The number of carbonyl (C=O) groups excluding carboxylic acids is 1. The summed E-state index contributed by atoms with van der Waals surface area (Å²) in [6, 6.07) is 14.9. The van der Waals surface area contributed by atoms with Gasteiger partial charge in [0.2, 0.25) is 5.91 Å². The van der Waals surface area contributed by atoms with Crippen LogP contribution in [0.5, 0.6) is 0 Å². The Hall–Kier alpha value is -2.54. The highest BCUT2D eigenvalue weighted by Crippen LogP contribution is 2.28. The van der Waals surface area contributed by atoms with Gasteiger partial charge in [-0.05, 0) is 57.1 Å². The van der Waals surface area contributed by atoms with Gasteiger partial charge in [-0.2, -0.15) is 0 Å². The van der Waals surface area contributed by atoms with E-state index in [-0.39, 0.29) is 17.4 Å². The predicted octanol–water partition coefficient (Wildman–Crippen LogP) is 4.64. The summed E-state index contributed by atoms with van der Waals surface area (Å²) in [7, 11) is 1.82. The van der Waals surface area contributed by atoms with Gasteiger partial charge < -0.3 is 5.32 Å². The summed E-state index contributed by atoms with van der Waals surface area (Å²) in [6.07, 6.45) is 1.43. The molecule has 0 aliphatic carbocycles. The minimum Gasteiger partial charge on any atom is -0.320 e. The molecular formula is C24H26Cl2N4O2. The number of amides is 1. The second kappa shape index (κ2) is 9.53. The lowest BCUT2D eigenvalue weighted by atomic mass is 9.95. The first kappa shape index (κ1) is 22.6. The smallest absolute Gasteiger partial charge is 0.295 e. The fourth-order valence-corrected chi connectivity index (χ4v) is 4.71. The maximum atomic E-state index is 13.0. The molecule has 1 fully saturated rings. The quantitative estimate of drug-likeness (QED) is 0.588. The largest absolute Gasteiger partial charge is 0.320 e. The molecule has 1 saturated heterocycles. The molecule has 0 atom stereocenters. The molecule has 0 radical (unpaired) electrons. The maximum Gasteiger partial charge on any atom is 0.295 e. The average molecular weight is 473 g/mol. The summed E-state index contributed by atoms with van der Waals surface area (Å²) < 4.78 is 3.34. The molecule has 0 bridgehead atoms. The first-order valence-electron chi connectivity index (χ1n) is 10.7. The lowest BCUT2D eigenvalue weighted by Crippen LogP contribution is -2.38. The predicted molar refractivity (Wildman–Crippen MR) is 129 cm³/mol. The molecule has 8 heteroatoms. The number of para-hydroxylation sites is 1. The molecule has 1 aliphatic heterocycles. The van der Waals surface area contributed by atoms with Gasteiger partial charge in [0.25, 0.3) is 5.56 Å². The molecule has 1 N–H and O–H groups in total. The Morgan fingerprint density at radius 3 is 2.28 bits per heavy atom. The van der Waals surface area contributed by atoms with E-state index in [2.05, 4.69) is 10.2 Å². The minimum atomic E-state index is -0.227. The first-order chi connectivity index (χ1) is 15.4. The SMILES string of the molecule is Cc1c(NC(=O)C2CCN(Cc3c(Cl)cccc3Cl)CC2)c(=O)n(-c2ccccc2)n1C. The Morgan fingerprint density at radius 1 is 1.03 bits per heavy atom. The summed E-state index contributed by atoms with van der Waals surface area (Å²) >= 11 is 12.6. The molecule has 1 aromatic heterocycles. The zero-order valence-corrected chi connectivity index (χ0v) is 19.7. The third kappa shape index (κ3) is 4.49. The normalized spacial score (nSPS) is 15.1. The van der Waals surface area contributed by atoms with Gasteiger partial charge in [0.1, 0.15) is 5.69 Å². The molecule has 1 aliphatic rings. The van der Waals surface area contributed by atoms with E-state index in [0.29, 0.717) is 35.1 Å². The first-order valence-corrected chi connectivity index (χ1v) is 11.4. The van der Waals surface area contributed by atoms with E-state index >= 15 is 0 Å². The van der Waals surface area contributed by atoms with Gasteiger partial charge in [0, 0.05) is 35.1 Å². The lowest BCUT2D eigenvalue weighted by molar-refractivity contribution is -0.121. The van der Waals surface area contributed by atoms with Crippen LogP contribution in [0.15, 0.2) is 53.3 Å². The van der Waals surface area contributed by atoms with Gasteiger partial charge in [-0.1, -0.05) is 47.5 Å². The molecular weight excluding hydrogens is 447 g/mol. The van der Waals surface area contributed by atoms with Crippen molar-refractivity contribution in [2.24, 2.45) is 13.0 Å². The number of halogens is 2. The standard InChI is InChI=1S/C24H26Cl2N4O2/c1-16-22(24(32)30(28(16)2)18-7-4-3-5-8-18)27-23(31)17-11-13-29(14-12-17)15-19-20(25)9-6-10-21(19)26/h3-10,17H,11-15H2,1-2H3,(H,27,31). The summed E-state index contributed by atoms with van der Waals surface area (Å²) in [6.45, 7) is 4.03. The third-order valence-corrected chi connectivity index (χ3v) is 6.91. The van der Waals surface area contributed by atoms with Crippen LogP contribution in [0.25, 0.3) is 5.69 Å². The molecule has 0 unspecified atom stereocenters. The van der Waals surface area contributed by atoms with E-state index in [1.165, 1.54) is 0 Å². The molecule has 0 saturated carbocycles. The zero-order valence-electron chi connectivity index (χ0n) is 18.1. The van der Waals surface area contributed by atoms with Crippen molar-refractivity contribution in [2.45, 2.75) is 26.3 Å². The number of piperidine rings is 1. The van der Waals surface area contributed by atoms with Crippen LogP contribution in [0.2, 0.25) is 10.0 Å². The van der Waals surface area contributed by atoms with Gasteiger partial charge in [-0.25, -0.2) is 4.68 Å². The van der Waals surface area contributed by atoms with Crippen molar-refractivity contribution < 1.29 is 4.79 Å². The Morgan fingerprint density at radius 2 is 1.66 bits per heavy atom. The van der Waals surface area contributed by atoms with Crippen LogP contribution >= 0.6 is 23.2 Å². The van der Waals surface area contributed by atoms with Crippen molar-refractivity contribution in [3.63, 3.8) is 0 Å². The van der Waals surface area contributed by atoms with Gasteiger partial charge >= 0.3 is 0 Å². The molecule has 6 nitrogen and oxygen atoms in total. The second-order valence-corrected chi connectivity index (χ2v) is 8.99. The monoisotopic (exact) mass is 472 g/mol. The number of aromatic nitrogens is 2. The molecule has 32 heavy (non-hydrogen) atoms. The highest BCUT2D eigenvalue weighted by molar-refractivity contribution is 6.35. The van der Waals surface area contributed by atoms with Crippen molar-refractivity contribution in [3.8, 4) is 5.69 Å². The number of nitrogens with one attached hydrogen (secondary N) is 1. The molecule has 4 rings (SSSR count). The second-order valence-electron chi connectivity index (χ2n) is 8.18. The number of hydrogen-bond donors (Lipinski definition) is 1. The fourth-order valence-electron chi connectivity index (χ4n) is 4.20. The van der Waals surface area contributed by atoms with E-state index in [0.717, 1.165) is 30.0 Å². The van der Waals surface area contributed by atoms with Crippen molar-refractivity contribution in [1.29, 1.82) is 0 Å². The van der Waals surface area contributed by atoms with Crippen LogP contribution in [-0.2, 0) is 18.4 Å². The van der Waals surface area contributed by atoms with Crippen molar-refractivity contribution in [2.75, 3.05) is 18.4 Å². The van der Waals surface area contributed by atoms with Gasteiger partial charge in [0.15, 0.2) is 0 Å². The van der Waals surface area contributed by atoms with Crippen LogP contribution in [0, 0.1) is 12.8 Å². The molecule has 168 valence electrons. The highest BCUT2D eigenvalue weighted by atomic mass is 35.5. The Balaban J connectivity index is 1.42. The van der Waals surface area contributed by atoms with Crippen molar-refractivity contribution in [3.05, 3.63) is 80.2 Å². The number of nitrogens with zero attached hydrogens (tertiary/aromatic N) is 3. The molecule has 2 aromatic carbocycles. The minimum absolute atomic E-state index is 0.105. The number of likely N-dealkylation sites (tertiary alicyclic amines) is 1. The third-order valence-electron chi connectivity index (χ3n) is 6.20. The summed E-state index contributed by atoms with van der Waals surface area (Å²) in [5, 5.41) is 4.23. The zero-order chi connectivity index (χ0) is 22.8. The number of carbonyl (C=O) groups is 1. The van der Waals surface area contributed by atoms with Crippen molar-refractivity contribution >= 4 is 34.8 Å². The number of benzene rings is 2. The van der Waals surface area contributed by atoms with E-state index in [1.54, 1.807) is 9.36 Å². The van der Waals surface area contributed by atoms with E-state index in [4.69, 9.17) is 23.2 Å². The lowest BCUT2D eigenvalue weighted by Gasteiger charge is -2.31. The maximum absolute atomic E-state index is 13.0. The Labute approximate surface area is 197 Å². The van der Waals surface area contributed by atoms with Gasteiger partial charge in [-0.15, -0.1) is 0 Å². The number of anilines is 1. The topological polar surface area (TPSA) is 59.3 Å². The number of rotatable bonds is 5. The Bertz CT molecular complexity index is 1160. The van der Waals surface area contributed by atoms with Crippen LogP contribution in [0.1, 0.15) is 24.1 Å². The van der Waals surface area contributed by atoms with Crippen molar-refractivity contribution in [1.82, 2.24) is 14.3 Å². The highest BCUT2D eigenvalue weighted by Gasteiger charge is 2.27. The van der Waals surface area contributed by atoms with Crippen LogP contribution < -0.4 is 10.9 Å². The van der Waals surface area contributed by atoms with Gasteiger partial charge in [0.05, 0.1) is 11.4 Å².